The van der Waals surface area contributed by atoms with E-state index in [2.05, 4.69) is 34.9 Å². The highest BCUT2D eigenvalue weighted by Crippen LogP contribution is 2.48. The zero-order valence-corrected chi connectivity index (χ0v) is 22.3. The Morgan fingerprint density at radius 1 is 1.11 bits per heavy atom. The topological polar surface area (TPSA) is 156 Å². The summed E-state index contributed by atoms with van der Waals surface area (Å²) in [4.78, 5) is 16.4. The number of rotatable bonds is 10. The molecule has 1 fully saturated rings. The summed E-state index contributed by atoms with van der Waals surface area (Å²) in [7, 11) is -0.0654. The molecule has 200 valence electrons. The van der Waals surface area contributed by atoms with Crippen molar-refractivity contribution in [1.29, 1.82) is 0 Å². The lowest BCUT2D eigenvalue weighted by Crippen LogP contribution is -2.37. The molecule has 3 aromatic heterocycles. The molecule has 1 aliphatic rings. The Hall–Kier alpha value is -3.17. The highest BCUT2D eigenvalue weighted by molar-refractivity contribution is 7.93. The van der Waals surface area contributed by atoms with E-state index in [1.807, 2.05) is 0 Å². The third-order valence-electron chi connectivity index (χ3n) is 6.06. The number of sulfonamides is 1. The van der Waals surface area contributed by atoms with Gasteiger partial charge in [0.05, 0.1) is 19.2 Å². The Labute approximate surface area is 217 Å². The second-order valence-corrected chi connectivity index (χ2v) is 11.2. The number of alkyl halides is 1. The molecule has 0 radical (unpaired) electrons. The molecular weight excluding hydrogens is 531 g/mol. The van der Waals surface area contributed by atoms with Gasteiger partial charge in [0.25, 0.3) is 0 Å². The van der Waals surface area contributed by atoms with Gasteiger partial charge in [-0.1, -0.05) is 11.6 Å². The van der Waals surface area contributed by atoms with Crippen LogP contribution in [0.25, 0.3) is 5.69 Å². The van der Waals surface area contributed by atoms with E-state index in [1.54, 1.807) is 0 Å². The van der Waals surface area contributed by atoms with Crippen molar-refractivity contribution in [3.05, 3.63) is 35.4 Å². The van der Waals surface area contributed by atoms with E-state index in [4.69, 9.17) is 25.8 Å². The maximum absolute atomic E-state index is 14.4. The van der Waals surface area contributed by atoms with Crippen LogP contribution in [0.1, 0.15) is 50.4 Å². The van der Waals surface area contributed by atoms with E-state index >= 15 is 0 Å². The molecule has 1 saturated carbocycles. The molecule has 1 aliphatic carbocycles. The number of nitrogens with zero attached hydrogens (tertiary/aromatic N) is 7. The Morgan fingerprint density at radius 3 is 2.22 bits per heavy atom. The predicted molar refractivity (Wildman–Crippen MR) is 130 cm³/mol. The van der Waals surface area contributed by atoms with Crippen LogP contribution in [-0.4, -0.2) is 75.4 Å². The van der Waals surface area contributed by atoms with Crippen LogP contribution in [-0.2, 0) is 14.8 Å². The van der Waals surface area contributed by atoms with Crippen LogP contribution in [0.15, 0.2) is 18.7 Å². The second-order valence-electron chi connectivity index (χ2n) is 8.74. The number of hydrogen-bond acceptors (Lipinski definition) is 11. The van der Waals surface area contributed by atoms with Gasteiger partial charge < -0.3 is 14.2 Å². The van der Waals surface area contributed by atoms with E-state index in [0.717, 1.165) is 0 Å². The zero-order valence-electron chi connectivity index (χ0n) is 20.7. The van der Waals surface area contributed by atoms with Crippen molar-refractivity contribution >= 4 is 27.6 Å². The second kappa shape index (κ2) is 10.3. The third-order valence-corrected chi connectivity index (χ3v) is 7.95. The number of hydrogen-bond donors (Lipinski definition) is 1. The monoisotopic (exact) mass is 556 g/mol. The number of halogens is 2. The number of nitrogens with one attached hydrogen (secondary N) is 1. The summed E-state index contributed by atoms with van der Waals surface area (Å²) in [5.74, 6) is 0.0512. The molecule has 13 nitrogen and oxygen atoms in total. The van der Waals surface area contributed by atoms with Crippen LogP contribution in [0.2, 0.25) is 5.02 Å². The highest BCUT2D eigenvalue weighted by Gasteiger charge is 2.45. The lowest BCUT2D eigenvalue weighted by atomic mass is 9.73. The van der Waals surface area contributed by atoms with Crippen molar-refractivity contribution < 1.29 is 27.0 Å². The molecule has 0 amide bonds. The fourth-order valence-electron chi connectivity index (χ4n) is 4.19. The lowest BCUT2D eigenvalue weighted by molar-refractivity contribution is 0.0575. The van der Waals surface area contributed by atoms with Crippen molar-refractivity contribution in [2.24, 2.45) is 0 Å². The summed E-state index contributed by atoms with van der Waals surface area (Å²) in [6.07, 6.45) is 3.23. The van der Waals surface area contributed by atoms with Gasteiger partial charge in [0.15, 0.2) is 11.5 Å². The van der Waals surface area contributed by atoms with Crippen molar-refractivity contribution in [3.63, 3.8) is 0 Å². The van der Waals surface area contributed by atoms with Crippen LogP contribution in [0.4, 0.5) is 10.3 Å². The van der Waals surface area contributed by atoms with Gasteiger partial charge in [0, 0.05) is 25.4 Å². The molecule has 0 saturated heterocycles. The standard InChI is InChI=1S/C21H26ClFN8O5S/c1-11(15(34-3)16-24-8-13(22)9-25-16)37(32,33)30-20-29-28-17(12-6-21(2,23)7-12)31(20)14-18(35-4)26-10-27-19(14)36-5/h8-12,15H,6-7H2,1-5H3,(H,29,30)/t11-,12?,15-,21?/m0/s1. The van der Waals surface area contributed by atoms with Crippen LogP contribution < -0.4 is 14.2 Å². The first-order valence-electron chi connectivity index (χ1n) is 11.1. The minimum absolute atomic E-state index is 0.0769. The molecular formula is C21H26ClFN8O5S. The number of anilines is 1. The van der Waals surface area contributed by atoms with Gasteiger partial charge in [-0.3, -0.25) is 9.29 Å². The SMILES string of the molecule is COc1ncnc(OC)c1-n1c(NS(=O)(=O)[C@@H](C)[C@H](OC)c2ncc(Cl)cn2)nnc1C1CC(C)(F)C1. The summed E-state index contributed by atoms with van der Waals surface area (Å²) < 4.78 is 61.4. The lowest BCUT2D eigenvalue weighted by Gasteiger charge is -2.38. The fraction of sp³-hybridized carbons (Fsp3) is 0.524. The number of ether oxygens (including phenoxy) is 3. The molecule has 0 aromatic carbocycles. The molecule has 0 bridgehead atoms. The van der Waals surface area contributed by atoms with Gasteiger partial charge >= 0.3 is 0 Å². The largest absolute Gasteiger partial charge is 0.479 e. The summed E-state index contributed by atoms with van der Waals surface area (Å²) in [6.45, 7) is 2.93. The van der Waals surface area contributed by atoms with E-state index in [0.29, 0.717) is 10.8 Å². The van der Waals surface area contributed by atoms with Crippen LogP contribution in [0, 0.1) is 0 Å². The fourth-order valence-corrected chi connectivity index (χ4v) is 5.42. The molecule has 16 heteroatoms. The Morgan fingerprint density at radius 2 is 1.70 bits per heavy atom. The highest BCUT2D eigenvalue weighted by atomic mass is 35.5. The molecule has 4 rings (SSSR count). The molecule has 2 atom stereocenters. The summed E-state index contributed by atoms with van der Waals surface area (Å²) in [5.41, 5.74) is -1.21. The summed E-state index contributed by atoms with van der Waals surface area (Å²) >= 11 is 5.86. The molecule has 3 heterocycles. The quantitative estimate of drug-likeness (QED) is 0.391. The van der Waals surface area contributed by atoms with E-state index in [1.165, 1.54) is 58.5 Å². The zero-order chi connectivity index (χ0) is 27.0. The normalized spacial score (nSPS) is 21.1. The molecule has 0 spiro atoms. The summed E-state index contributed by atoms with van der Waals surface area (Å²) in [6, 6.07) is 0. The Bertz CT molecular complexity index is 1340. The molecule has 0 aliphatic heterocycles. The summed E-state index contributed by atoms with van der Waals surface area (Å²) in [5, 5.41) is 7.38. The predicted octanol–water partition coefficient (Wildman–Crippen LogP) is 2.64. The first-order chi connectivity index (χ1) is 17.5. The first-order valence-corrected chi connectivity index (χ1v) is 13.0. The van der Waals surface area contributed by atoms with Gasteiger partial charge in [0.2, 0.25) is 27.7 Å². The minimum Gasteiger partial charge on any atom is -0.479 e. The van der Waals surface area contributed by atoms with Gasteiger partial charge in [-0.15, -0.1) is 10.2 Å². The van der Waals surface area contributed by atoms with Crippen LogP contribution >= 0.6 is 11.6 Å². The van der Waals surface area contributed by atoms with Crippen molar-refractivity contribution in [1.82, 2.24) is 34.7 Å². The molecule has 1 N–H and O–H groups in total. The Balaban J connectivity index is 1.77. The number of methoxy groups -OCH3 is 3. The van der Waals surface area contributed by atoms with Gasteiger partial charge in [-0.2, -0.15) is 9.97 Å². The third kappa shape index (κ3) is 5.29. The van der Waals surface area contributed by atoms with E-state index in [-0.39, 0.29) is 48.0 Å². The van der Waals surface area contributed by atoms with E-state index in [9.17, 15) is 12.8 Å². The van der Waals surface area contributed by atoms with Crippen molar-refractivity contribution in [2.45, 2.75) is 49.6 Å². The molecule has 0 unspecified atom stereocenters. The van der Waals surface area contributed by atoms with Gasteiger partial charge in [-0.05, 0) is 26.7 Å². The van der Waals surface area contributed by atoms with Crippen LogP contribution in [0.3, 0.4) is 0 Å². The van der Waals surface area contributed by atoms with Crippen molar-refractivity contribution in [3.8, 4) is 17.4 Å². The molecule has 3 aromatic rings. The smallest absolute Gasteiger partial charge is 0.245 e. The minimum atomic E-state index is -4.18. The van der Waals surface area contributed by atoms with Gasteiger partial charge in [-0.25, -0.2) is 22.8 Å². The average Bonchev–Trinajstić information content (AvgIpc) is 3.25. The molecule has 37 heavy (non-hydrogen) atoms. The number of aromatic nitrogens is 7. The van der Waals surface area contributed by atoms with Gasteiger partial charge in [0.1, 0.15) is 29.2 Å². The van der Waals surface area contributed by atoms with Crippen molar-refractivity contribution in [2.75, 3.05) is 26.1 Å². The Kier molecular flexibility index (Phi) is 7.48. The average molecular weight is 557 g/mol. The maximum atomic E-state index is 14.4. The van der Waals surface area contributed by atoms with Crippen LogP contribution in [0.5, 0.6) is 11.8 Å². The first kappa shape index (κ1) is 26.9. The maximum Gasteiger partial charge on any atom is 0.245 e. The van der Waals surface area contributed by atoms with E-state index < -0.39 is 27.0 Å².